The van der Waals surface area contributed by atoms with Gasteiger partial charge < -0.3 is 19.5 Å². The largest absolute Gasteiger partial charge is 0.490 e. The fraction of sp³-hybridized carbons (Fsp3) is 0.579. The van der Waals surface area contributed by atoms with E-state index >= 15 is 0 Å². The molecule has 0 aromatic heterocycles. The van der Waals surface area contributed by atoms with Gasteiger partial charge in [0.1, 0.15) is 0 Å². The Labute approximate surface area is 165 Å². The van der Waals surface area contributed by atoms with E-state index in [0.29, 0.717) is 31.1 Å². The number of carbonyl (C=O) groups excluding carboxylic acids is 2. The van der Waals surface area contributed by atoms with Crippen molar-refractivity contribution in [2.75, 3.05) is 24.7 Å². The van der Waals surface area contributed by atoms with Gasteiger partial charge in [-0.1, -0.05) is 6.92 Å². The smallest absolute Gasteiger partial charge is 0.339 e. The first-order valence-corrected chi connectivity index (χ1v) is 11.2. The molecule has 1 heterocycles. The van der Waals surface area contributed by atoms with Gasteiger partial charge in [0.25, 0.3) is 5.91 Å². The van der Waals surface area contributed by atoms with Crippen molar-refractivity contribution < 1.29 is 32.2 Å². The van der Waals surface area contributed by atoms with Crippen LogP contribution in [0.15, 0.2) is 18.2 Å². The number of carbonyl (C=O) groups is 2. The molecule has 0 bridgehead atoms. The van der Waals surface area contributed by atoms with Gasteiger partial charge in [-0.2, -0.15) is 0 Å². The van der Waals surface area contributed by atoms with Gasteiger partial charge in [-0.3, -0.25) is 4.79 Å². The summed E-state index contributed by atoms with van der Waals surface area (Å²) in [5.41, 5.74) is 0.232. The van der Waals surface area contributed by atoms with Gasteiger partial charge >= 0.3 is 5.97 Å². The van der Waals surface area contributed by atoms with E-state index in [9.17, 15) is 18.0 Å². The molecular formula is C19H27NO7S. The van der Waals surface area contributed by atoms with Gasteiger partial charge in [-0.15, -0.1) is 0 Å². The average molecular weight is 413 g/mol. The van der Waals surface area contributed by atoms with Crippen LogP contribution in [0.2, 0.25) is 0 Å². The van der Waals surface area contributed by atoms with Crippen molar-refractivity contribution in [3.8, 4) is 11.5 Å². The van der Waals surface area contributed by atoms with E-state index in [1.807, 2.05) is 13.8 Å². The highest BCUT2D eigenvalue weighted by molar-refractivity contribution is 7.91. The molecule has 1 aliphatic heterocycles. The van der Waals surface area contributed by atoms with E-state index < -0.39 is 33.9 Å². The van der Waals surface area contributed by atoms with Crippen LogP contribution in [0.1, 0.15) is 44.0 Å². The molecule has 1 fully saturated rings. The SMILES string of the molecule is CCCOc1ccc(C(=O)O[C@H](C)C(=O)N[C@H]2CCS(=O)(=O)C2)cc1OCC. The predicted molar refractivity (Wildman–Crippen MR) is 103 cm³/mol. The van der Waals surface area contributed by atoms with E-state index in [1.165, 1.54) is 13.0 Å². The van der Waals surface area contributed by atoms with Crippen LogP contribution in [0.3, 0.4) is 0 Å². The Morgan fingerprint density at radius 1 is 1.21 bits per heavy atom. The predicted octanol–water partition coefficient (Wildman–Crippen LogP) is 1.72. The quantitative estimate of drug-likeness (QED) is 0.614. The molecule has 0 radical (unpaired) electrons. The zero-order chi connectivity index (χ0) is 20.7. The molecule has 1 aromatic rings. The maximum atomic E-state index is 12.4. The Morgan fingerprint density at radius 3 is 2.57 bits per heavy atom. The minimum Gasteiger partial charge on any atom is -0.490 e. The molecule has 1 saturated heterocycles. The van der Waals surface area contributed by atoms with Crippen molar-refractivity contribution in [2.24, 2.45) is 0 Å². The van der Waals surface area contributed by atoms with Crippen molar-refractivity contribution in [1.29, 1.82) is 0 Å². The molecule has 2 rings (SSSR count). The number of rotatable bonds is 9. The van der Waals surface area contributed by atoms with Crippen LogP contribution >= 0.6 is 0 Å². The Bertz CT molecular complexity index is 807. The summed E-state index contributed by atoms with van der Waals surface area (Å²) in [6, 6.07) is 4.25. The molecule has 1 aromatic carbocycles. The molecule has 8 nitrogen and oxygen atoms in total. The highest BCUT2D eigenvalue weighted by atomic mass is 32.2. The summed E-state index contributed by atoms with van der Waals surface area (Å²) in [7, 11) is -3.10. The summed E-state index contributed by atoms with van der Waals surface area (Å²) in [6.07, 6.45) is 0.151. The first kappa shape index (κ1) is 22.0. The number of ether oxygens (including phenoxy) is 3. The molecule has 0 unspecified atom stereocenters. The Balaban J connectivity index is 1.98. The molecule has 1 N–H and O–H groups in total. The van der Waals surface area contributed by atoms with Crippen molar-refractivity contribution in [1.82, 2.24) is 5.32 Å². The summed E-state index contributed by atoms with van der Waals surface area (Å²) in [5, 5.41) is 2.62. The number of sulfone groups is 1. The van der Waals surface area contributed by atoms with E-state index in [-0.39, 0.29) is 17.1 Å². The van der Waals surface area contributed by atoms with E-state index in [4.69, 9.17) is 14.2 Å². The standard InChI is InChI=1S/C19H27NO7S/c1-4-9-26-16-7-6-14(11-17(16)25-5-2)19(22)27-13(3)18(21)20-15-8-10-28(23,24)12-15/h6-7,11,13,15H,4-5,8-10,12H2,1-3H3,(H,20,21)/t13-,15+/m1/s1. The van der Waals surface area contributed by atoms with Crippen LogP contribution in [0.25, 0.3) is 0 Å². The Kier molecular flexibility index (Phi) is 7.68. The van der Waals surface area contributed by atoms with E-state index in [0.717, 1.165) is 6.42 Å². The van der Waals surface area contributed by atoms with Gasteiger partial charge in [0.05, 0.1) is 30.3 Å². The van der Waals surface area contributed by atoms with Gasteiger partial charge in [-0.25, -0.2) is 13.2 Å². The van der Waals surface area contributed by atoms with Gasteiger partial charge in [0, 0.05) is 6.04 Å². The summed E-state index contributed by atoms with van der Waals surface area (Å²) in [6.45, 7) is 6.19. The van der Waals surface area contributed by atoms with Gasteiger partial charge in [0.2, 0.25) is 0 Å². The highest BCUT2D eigenvalue weighted by Gasteiger charge is 2.30. The van der Waals surface area contributed by atoms with Crippen LogP contribution in [0.4, 0.5) is 0 Å². The first-order valence-electron chi connectivity index (χ1n) is 9.37. The number of nitrogens with one attached hydrogen (secondary N) is 1. The van der Waals surface area contributed by atoms with E-state index in [1.54, 1.807) is 12.1 Å². The molecule has 1 amide bonds. The minimum atomic E-state index is -3.10. The van der Waals surface area contributed by atoms with E-state index in [2.05, 4.69) is 5.32 Å². The normalized spacial score (nSPS) is 18.9. The second kappa shape index (κ2) is 9.77. The second-order valence-electron chi connectivity index (χ2n) is 6.60. The summed E-state index contributed by atoms with van der Waals surface area (Å²) in [5.74, 6) is -0.269. The molecule has 9 heteroatoms. The van der Waals surface area contributed by atoms with Crippen LogP contribution in [-0.2, 0) is 19.4 Å². The Hall–Kier alpha value is -2.29. The van der Waals surface area contributed by atoms with Crippen LogP contribution in [-0.4, -0.2) is 57.2 Å². The summed E-state index contributed by atoms with van der Waals surface area (Å²) in [4.78, 5) is 24.6. The molecule has 0 spiro atoms. The molecule has 28 heavy (non-hydrogen) atoms. The maximum absolute atomic E-state index is 12.4. The second-order valence-corrected chi connectivity index (χ2v) is 8.83. The van der Waals surface area contributed by atoms with Crippen LogP contribution in [0.5, 0.6) is 11.5 Å². The number of hydrogen-bond acceptors (Lipinski definition) is 7. The molecule has 156 valence electrons. The molecule has 0 saturated carbocycles. The zero-order valence-electron chi connectivity index (χ0n) is 16.4. The fourth-order valence-corrected chi connectivity index (χ4v) is 4.42. The van der Waals surface area contributed by atoms with Crippen molar-refractivity contribution in [3.05, 3.63) is 23.8 Å². The number of amides is 1. The lowest BCUT2D eigenvalue weighted by Crippen LogP contribution is -2.42. The zero-order valence-corrected chi connectivity index (χ0v) is 17.2. The third kappa shape index (κ3) is 6.12. The summed E-state index contributed by atoms with van der Waals surface area (Å²) >= 11 is 0. The van der Waals surface area contributed by atoms with Crippen LogP contribution < -0.4 is 14.8 Å². The Morgan fingerprint density at radius 2 is 1.96 bits per heavy atom. The lowest BCUT2D eigenvalue weighted by molar-refractivity contribution is -0.129. The minimum absolute atomic E-state index is 0.0543. The fourth-order valence-electron chi connectivity index (χ4n) is 2.74. The number of hydrogen-bond donors (Lipinski definition) is 1. The third-order valence-electron chi connectivity index (χ3n) is 4.17. The maximum Gasteiger partial charge on any atom is 0.339 e. The van der Waals surface area contributed by atoms with Crippen molar-refractivity contribution >= 4 is 21.7 Å². The topological polar surface area (TPSA) is 108 Å². The van der Waals surface area contributed by atoms with Gasteiger partial charge in [-0.05, 0) is 44.9 Å². The average Bonchev–Trinajstić information content (AvgIpc) is 2.99. The molecule has 0 aliphatic carbocycles. The van der Waals surface area contributed by atoms with Gasteiger partial charge in [0.15, 0.2) is 27.4 Å². The van der Waals surface area contributed by atoms with Crippen molar-refractivity contribution in [2.45, 2.75) is 45.8 Å². The number of esters is 1. The lowest BCUT2D eigenvalue weighted by atomic mass is 10.2. The molecule has 1 aliphatic rings. The molecule has 2 atom stereocenters. The summed E-state index contributed by atoms with van der Waals surface area (Å²) < 4.78 is 39.3. The molecular weight excluding hydrogens is 386 g/mol. The van der Waals surface area contributed by atoms with Crippen LogP contribution in [0, 0.1) is 0 Å². The highest BCUT2D eigenvalue weighted by Crippen LogP contribution is 2.29. The lowest BCUT2D eigenvalue weighted by Gasteiger charge is -2.17. The monoisotopic (exact) mass is 413 g/mol. The number of benzene rings is 1. The first-order chi connectivity index (χ1) is 13.3. The third-order valence-corrected chi connectivity index (χ3v) is 5.94. The van der Waals surface area contributed by atoms with Crippen molar-refractivity contribution in [3.63, 3.8) is 0 Å².